The van der Waals surface area contributed by atoms with E-state index >= 15 is 0 Å². The number of aryl methyl sites for hydroxylation is 1. The summed E-state index contributed by atoms with van der Waals surface area (Å²) in [6.45, 7) is 2.16. The van der Waals surface area contributed by atoms with Crippen LogP contribution >= 0.6 is 0 Å². The molecule has 0 fully saturated rings. The standard InChI is InChI=1S/C16H15N3O2/c1-10-2-7-14-13(8-10)15(19-21-14)16(20)18-12-5-3-11(9-17)4-6-12/h3-6,10H,2,7-8H2,1H3,(H,18,20)/t10-/m0/s1. The Morgan fingerprint density at radius 2 is 2.19 bits per heavy atom. The topological polar surface area (TPSA) is 78.9 Å². The molecule has 3 rings (SSSR count). The van der Waals surface area contributed by atoms with Gasteiger partial charge >= 0.3 is 0 Å². The highest BCUT2D eigenvalue weighted by Gasteiger charge is 2.26. The molecule has 1 atom stereocenters. The van der Waals surface area contributed by atoms with Crippen molar-refractivity contribution >= 4 is 11.6 Å². The van der Waals surface area contributed by atoms with Gasteiger partial charge in [-0.2, -0.15) is 5.26 Å². The molecule has 106 valence electrons. The molecule has 21 heavy (non-hydrogen) atoms. The second-order valence-electron chi connectivity index (χ2n) is 5.42. The monoisotopic (exact) mass is 281 g/mol. The van der Waals surface area contributed by atoms with E-state index < -0.39 is 0 Å². The fraction of sp³-hybridized carbons (Fsp3) is 0.312. The number of carbonyl (C=O) groups excluding carboxylic acids is 1. The number of carbonyl (C=O) groups is 1. The largest absolute Gasteiger partial charge is 0.360 e. The van der Waals surface area contributed by atoms with Crippen molar-refractivity contribution in [2.75, 3.05) is 5.32 Å². The highest BCUT2D eigenvalue weighted by Crippen LogP contribution is 2.28. The minimum absolute atomic E-state index is 0.265. The van der Waals surface area contributed by atoms with Crippen LogP contribution in [-0.2, 0) is 12.8 Å². The van der Waals surface area contributed by atoms with Gasteiger partial charge in [-0.25, -0.2) is 0 Å². The van der Waals surface area contributed by atoms with E-state index in [0.29, 0.717) is 22.9 Å². The van der Waals surface area contributed by atoms with Gasteiger partial charge in [0.15, 0.2) is 5.69 Å². The molecule has 0 saturated carbocycles. The number of aromatic nitrogens is 1. The maximum Gasteiger partial charge on any atom is 0.278 e. The lowest BCUT2D eigenvalue weighted by atomic mass is 9.88. The molecule has 5 nitrogen and oxygen atoms in total. The first-order valence-corrected chi connectivity index (χ1v) is 6.96. The SMILES string of the molecule is C[C@H]1CCc2onc(C(=O)Nc3ccc(C#N)cc3)c2C1. The molecule has 0 saturated heterocycles. The maximum absolute atomic E-state index is 12.3. The molecule has 1 amide bonds. The van der Waals surface area contributed by atoms with E-state index in [1.807, 2.05) is 6.07 Å². The van der Waals surface area contributed by atoms with Crippen molar-refractivity contribution in [2.45, 2.75) is 26.2 Å². The average molecular weight is 281 g/mol. The van der Waals surface area contributed by atoms with Gasteiger partial charge in [-0.1, -0.05) is 12.1 Å². The summed E-state index contributed by atoms with van der Waals surface area (Å²) in [5.41, 5.74) is 2.50. The summed E-state index contributed by atoms with van der Waals surface area (Å²) in [7, 11) is 0. The normalized spacial score (nSPS) is 16.9. The number of nitrogens with zero attached hydrogens (tertiary/aromatic N) is 2. The molecule has 1 aliphatic carbocycles. The fourth-order valence-electron chi connectivity index (χ4n) is 2.57. The Labute approximate surface area is 122 Å². The molecule has 0 bridgehead atoms. The Bertz CT molecular complexity index is 710. The summed E-state index contributed by atoms with van der Waals surface area (Å²) < 4.78 is 5.28. The number of benzene rings is 1. The van der Waals surface area contributed by atoms with Crippen LogP contribution in [0.15, 0.2) is 28.8 Å². The van der Waals surface area contributed by atoms with Crippen molar-refractivity contribution in [1.29, 1.82) is 5.26 Å². The van der Waals surface area contributed by atoms with Crippen LogP contribution in [0.1, 0.15) is 40.7 Å². The van der Waals surface area contributed by atoms with Crippen LogP contribution in [0, 0.1) is 17.2 Å². The highest BCUT2D eigenvalue weighted by atomic mass is 16.5. The van der Waals surface area contributed by atoms with Gasteiger partial charge in [-0.05, 0) is 43.0 Å². The summed E-state index contributed by atoms with van der Waals surface area (Å²) in [4.78, 5) is 12.3. The third kappa shape index (κ3) is 2.65. The number of nitrogens with one attached hydrogen (secondary N) is 1. The third-order valence-electron chi connectivity index (χ3n) is 3.77. The molecule has 1 aromatic heterocycles. The zero-order valence-corrected chi connectivity index (χ0v) is 11.7. The molecule has 0 unspecified atom stereocenters. The Morgan fingerprint density at radius 1 is 1.43 bits per heavy atom. The van der Waals surface area contributed by atoms with Crippen LogP contribution < -0.4 is 5.32 Å². The summed E-state index contributed by atoms with van der Waals surface area (Å²) in [6.07, 6.45) is 2.74. The molecule has 5 heteroatoms. The molecule has 1 aliphatic rings. The molecule has 1 N–H and O–H groups in total. The van der Waals surface area contributed by atoms with Gasteiger partial charge in [0.1, 0.15) is 5.76 Å². The van der Waals surface area contributed by atoms with Gasteiger partial charge < -0.3 is 9.84 Å². The molecular formula is C16H15N3O2. The number of fused-ring (bicyclic) bond motifs is 1. The third-order valence-corrected chi connectivity index (χ3v) is 3.77. The van der Waals surface area contributed by atoms with Crippen molar-refractivity contribution in [3.05, 3.63) is 46.8 Å². The number of hydrogen-bond acceptors (Lipinski definition) is 4. The molecule has 0 radical (unpaired) electrons. The Morgan fingerprint density at radius 3 is 2.90 bits per heavy atom. The first-order chi connectivity index (χ1) is 10.2. The van der Waals surface area contributed by atoms with Gasteiger partial charge in [0.05, 0.1) is 11.6 Å². The van der Waals surface area contributed by atoms with Crippen LogP contribution in [0.5, 0.6) is 0 Å². The zero-order valence-electron chi connectivity index (χ0n) is 11.7. The van der Waals surface area contributed by atoms with E-state index in [1.54, 1.807) is 24.3 Å². The van der Waals surface area contributed by atoms with Gasteiger partial charge in [-0.3, -0.25) is 4.79 Å². The minimum atomic E-state index is -0.265. The minimum Gasteiger partial charge on any atom is -0.360 e. The van der Waals surface area contributed by atoms with E-state index in [2.05, 4.69) is 17.4 Å². The number of nitriles is 1. The van der Waals surface area contributed by atoms with Crippen LogP contribution in [-0.4, -0.2) is 11.1 Å². The Hall–Kier alpha value is -2.61. The first-order valence-electron chi connectivity index (χ1n) is 6.96. The van der Waals surface area contributed by atoms with Crippen molar-refractivity contribution in [1.82, 2.24) is 5.16 Å². The molecule has 0 spiro atoms. The summed E-state index contributed by atoms with van der Waals surface area (Å²) >= 11 is 0. The maximum atomic E-state index is 12.3. The van der Waals surface area contributed by atoms with E-state index in [9.17, 15) is 4.79 Å². The number of anilines is 1. The predicted octanol–water partition coefficient (Wildman–Crippen LogP) is 2.92. The summed E-state index contributed by atoms with van der Waals surface area (Å²) in [5, 5.41) is 15.5. The highest BCUT2D eigenvalue weighted by molar-refractivity contribution is 6.03. The molecule has 2 aromatic rings. The summed E-state index contributed by atoms with van der Waals surface area (Å²) in [6, 6.07) is 8.77. The van der Waals surface area contributed by atoms with Crippen LogP contribution in [0.25, 0.3) is 0 Å². The molecule has 0 aliphatic heterocycles. The summed E-state index contributed by atoms with van der Waals surface area (Å²) in [5.74, 6) is 1.11. The van der Waals surface area contributed by atoms with Gasteiger partial charge in [-0.15, -0.1) is 0 Å². The van der Waals surface area contributed by atoms with E-state index in [0.717, 1.165) is 30.6 Å². The fourth-order valence-corrected chi connectivity index (χ4v) is 2.57. The second-order valence-corrected chi connectivity index (χ2v) is 5.42. The lowest BCUT2D eigenvalue weighted by Crippen LogP contribution is -2.17. The molecular weight excluding hydrogens is 266 g/mol. The van der Waals surface area contributed by atoms with Crippen molar-refractivity contribution in [2.24, 2.45) is 5.92 Å². The first kappa shape index (κ1) is 13.4. The van der Waals surface area contributed by atoms with Crippen LogP contribution in [0.3, 0.4) is 0 Å². The number of amides is 1. The lowest BCUT2D eigenvalue weighted by Gasteiger charge is -2.16. The van der Waals surface area contributed by atoms with E-state index in [-0.39, 0.29) is 5.91 Å². The van der Waals surface area contributed by atoms with Crippen molar-refractivity contribution < 1.29 is 9.32 Å². The van der Waals surface area contributed by atoms with Crippen molar-refractivity contribution in [3.63, 3.8) is 0 Å². The number of hydrogen-bond donors (Lipinski definition) is 1. The average Bonchev–Trinajstić information content (AvgIpc) is 2.91. The molecule has 1 aromatic carbocycles. The lowest BCUT2D eigenvalue weighted by molar-refractivity contribution is 0.101. The van der Waals surface area contributed by atoms with E-state index in [4.69, 9.17) is 9.78 Å². The van der Waals surface area contributed by atoms with Crippen molar-refractivity contribution in [3.8, 4) is 6.07 Å². The smallest absolute Gasteiger partial charge is 0.278 e. The zero-order chi connectivity index (χ0) is 14.8. The second kappa shape index (κ2) is 5.41. The van der Waals surface area contributed by atoms with Crippen LogP contribution in [0.2, 0.25) is 0 Å². The Kier molecular flexibility index (Phi) is 3.44. The van der Waals surface area contributed by atoms with Gasteiger partial charge in [0.25, 0.3) is 5.91 Å². The quantitative estimate of drug-likeness (QED) is 0.917. The van der Waals surface area contributed by atoms with Gasteiger partial charge in [0.2, 0.25) is 0 Å². The van der Waals surface area contributed by atoms with Gasteiger partial charge in [0, 0.05) is 17.7 Å². The predicted molar refractivity (Wildman–Crippen MR) is 76.8 cm³/mol. The van der Waals surface area contributed by atoms with Crippen LogP contribution in [0.4, 0.5) is 5.69 Å². The Balaban J connectivity index is 1.79. The molecule has 1 heterocycles. The van der Waals surface area contributed by atoms with E-state index in [1.165, 1.54) is 0 Å². The number of rotatable bonds is 2.